The maximum absolute atomic E-state index is 12.7. The summed E-state index contributed by atoms with van der Waals surface area (Å²) >= 11 is 0. The third-order valence-corrected chi connectivity index (χ3v) is 6.73. The minimum absolute atomic E-state index is 0.141. The van der Waals surface area contributed by atoms with Crippen molar-refractivity contribution in [2.75, 3.05) is 0 Å². The van der Waals surface area contributed by atoms with Crippen LogP contribution in [-0.4, -0.2) is 34.0 Å². The Bertz CT molecular complexity index is 395. The third-order valence-electron chi connectivity index (χ3n) is 6.73. The molecule has 0 heterocycles. The van der Waals surface area contributed by atoms with Gasteiger partial charge in [0.2, 0.25) is 0 Å². The maximum atomic E-state index is 12.7. The maximum Gasteiger partial charge on any atom is 0.139 e. The lowest BCUT2D eigenvalue weighted by Gasteiger charge is -2.33. The van der Waals surface area contributed by atoms with Gasteiger partial charge in [0.15, 0.2) is 0 Å². The van der Waals surface area contributed by atoms with Crippen LogP contribution in [0.3, 0.4) is 0 Å². The van der Waals surface area contributed by atoms with Gasteiger partial charge >= 0.3 is 0 Å². The summed E-state index contributed by atoms with van der Waals surface area (Å²) in [5.41, 5.74) is 0. The van der Waals surface area contributed by atoms with Gasteiger partial charge in [-0.1, -0.05) is 0 Å². The molecule has 0 unspecified atom stereocenters. The monoisotopic (exact) mass is 336 g/mol. The summed E-state index contributed by atoms with van der Waals surface area (Å²) in [6.45, 7) is 0. The zero-order valence-electron chi connectivity index (χ0n) is 14.7. The topological polar surface area (TPSA) is 74.6 Å². The summed E-state index contributed by atoms with van der Waals surface area (Å²) in [5.74, 6) is 1.36. The third kappa shape index (κ3) is 4.26. The molecule has 3 aliphatic carbocycles. The lowest BCUT2D eigenvalue weighted by molar-refractivity contribution is -0.134. The summed E-state index contributed by atoms with van der Waals surface area (Å²) < 4.78 is 0. The van der Waals surface area contributed by atoms with Gasteiger partial charge in [-0.3, -0.25) is 9.59 Å². The van der Waals surface area contributed by atoms with Crippen LogP contribution in [0.2, 0.25) is 0 Å². The molecular weight excluding hydrogens is 304 g/mol. The van der Waals surface area contributed by atoms with Crippen molar-refractivity contribution in [1.29, 1.82) is 0 Å². The zero-order chi connectivity index (χ0) is 17.1. The number of carbonyl (C=O) groups excluding carboxylic acids is 2. The lowest BCUT2D eigenvalue weighted by Crippen LogP contribution is -2.35. The summed E-state index contributed by atoms with van der Waals surface area (Å²) in [5, 5.41) is 19.2. The predicted molar refractivity (Wildman–Crippen MR) is 91.4 cm³/mol. The van der Waals surface area contributed by atoms with Gasteiger partial charge in [-0.05, 0) is 77.0 Å². The van der Waals surface area contributed by atoms with Gasteiger partial charge in [-0.25, -0.2) is 0 Å². The first-order valence-corrected chi connectivity index (χ1v) is 9.98. The van der Waals surface area contributed by atoms with Crippen molar-refractivity contribution in [1.82, 2.24) is 0 Å². The average molecular weight is 336 g/mol. The van der Waals surface area contributed by atoms with Gasteiger partial charge in [0.05, 0.1) is 12.2 Å². The Morgan fingerprint density at radius 2 is 0.667 bits per heavy atom. The lowest BCUT2D eigenvalue weighted by atomic mass is 9.70. The van der Waals surface area contributed by atoms with Gasteiger partial charge < -0.3 is 10.2 Å². The van der Waals surface area contributed by atoms with Crippen molar-refractivity contribution in [2.24, 2.45) is 23.7 Å². The van der Waals surface area contributed by atoms with E-state index in [9.17, 15) is 19.8 Å². The van der Waals surface area contributed by atoms with Crippen molar-refractivity contribution in [3.63, 3.8) is 0 Å². The highest BCUT2D eigenvalue weighted by atomic mass is 16.3. The van der Waals surface area contributed by atoms with Crippen molar-refractivity contribution >= 4 is 11.6 Å². The number of rotatable bonds is 4. The molecule has 0 spiro atoms. The van der Waals surface area contributed by atoms with E-state index in [1.165, 1.54) is 0 Å². The highest BCUT2D eigenvalue weighted by Crippen LogP contribution is 2.37. The highest BCUT2D eigenvalue weighted by molar-refractivity contribution is 5.85. The Labute approximate surface area is 145 Å². The van der Waals surface area contributed by atoms with E-state index in [1.807, 2.05) is 0 Å². The fraction of sp³-hybridized carbons (Fsp3) is 0.900. The second-order valence-electron chi connectivity index (χ2n) is 8.36. The van der Waals surface area contributed by atoms with E-state index in [2.05, 4.69) is 0 Å². The molecule has 4 heteroatoms. The standard InChI is InChI=1S/C20H32O4/c21-17-9-5-15(6-10-17)19(23)13-1-2-14(4-3-13)20(24)16-7-11-18(22)12-8-16/h13-18,21-22H,1-12H2. The molecule has 0 aromatic carbocycles. The first-order valence-electron chi connectivity index (χ1n) is 9.98. The van der Waals surface area contributed by atoms with E-state index >= 15 is 0 Å². The minimum atomic E-state index is -0.212. The number of aliphatic hydroxyl groups excluding tert-OH is 2. The van der Waals surface area contributed by atoms with E-state index in [4.69, 9.17) is 0 Å². The van der Waals surface area contributed by atoms with Crippen LogP contribution < -0.4 is 0 Å². The highest BCUT2D eigenvalue weighted by Gasteiger charge is 2.36. The molecule has 0 atom stereocenters. The van der Waals surface area contributed by atoms with Gasteiger partial charge in [0.1, 0.15) is 11.6 Å². The fourth-order valence-corrected chi connectivity index (χ4v) is 5.05. The number of ketones is 2. The molecule has 3 fully saturated rings. The van der Waals surface area contributed by atoms with Gasteiger partial charge in [-0.2, -0.15) is 0 Å². The minimum Gasteiger partial charge on any atom is -0.393 e. The molecule has 4 nitrogen and oxygen atoms in total. The normalized spacial score (nSPS) is 40.9. The number of hydrogen-bond acceptors (Lipinski definition) is 4. The molecule has 0 aliphatic heterocycles. The molecule has 0 aromatic heterocycles. The molecule has 3 saturated carbocycles. The molecule has 0 amide bonds. The van der Waals surface area contributed by atoms with Crippen molar-refractivity contribution in [3.05, 3.63) is 0 Å². The van der Waals surface area contributed by atoms with Gasteiger partial charge in [-0.15, -0.1) is 0 Å². The molecule has 0 aromatic rings. The smallest absolute Gasteiger partial charge is 0.139 e. The number of carbonyl (C=O) groups is 2. The largest absolute Gasteiger partial charge is 0.393 e. The quantitative estimate of drug-likeness (QED) is 0.827. The van der Waals surface area contributed by atoms with Crippen LogP contribution in [0.25, 0.3) is 0 Å². The molecular formula is C20H32O4. The van der Waals surface area contributed by atoms with Crippen LogP contribution >= 0.6 is 0 Å². The Morgan fingerprint density at radius 3 is 0.917 bits per heavy atom. The second kappa shape index (κ2) is 8.09. The Balaban J connectivity index is 1.45. The van der Waals surface area contributed by atoms with Gasteiger partial charge in [0, 0.05) is 23.7 Å². The molecule has 0 saturated heterocycles. The molecule has 3 rings (SSSR count). The summed E-state index contributed by atoms with van der Waals surface area (Å²) in [6, 6.07) is 0. The van der Waals surface area contributed by atoms with Crippen LogP contribution in [0.4, 0.5) is 0 Å². The SMILES string of the molecule is O=C(C1CCC(O)CC1)C1CCC(C(=O)C2CCC(O)CC2)CC1. The molecule has 3 aliphatic rings. The van der Waals surface area contributed by atoms with Crippen LogP contribution in [0, 0.1) is 23.7 Å². The van der Waals surface area contributed by atoms with Crippen LogP contribution in [0.1, 0.15) is 77.0 Å². The van der Waals surface area contributed by atoms with Gasteiger partial charge in [0.25, 0.3) is 0 Å². The molecule has 2 N–H and O–H groups in total. The molecule has 0 bridgehead atoms. The fourth-order valence-electron chi connectivity index (χ4n) is 5.05. The Morgan fingerprint density at radius 1 is 0.458 bits per heavy atom. The average Bonchev–Trinajstić information content (AvgIpc) is 2.62. The summed E-state index contributed by atoms with van der Waals surface area (Å²) in [7, 11) is 0. The van der Waals surface area contributed by atoms with E-state index in [1.54, 1.807) is 0 Å². The van der Waals surface area contributed by atoms with E-state index in [0.717, 1.165) is 77.0 Å². The first-order chi connectivity index (χ1) is 11.5. The van der Waals surface area contributed by atoms with E-state index in [0.29, 0.717) is 11.6 Å². The van der Waals surface area contributed by atoms with Crippen molar-refractivity contribution in [3.8, 4) is 0 Å². The second-order valence-corrected chi connectivity index (χ2v) is 8.36. The Hall–Kier alpha value is -0.740. The van der Waals surface area contributed by atoms with Crippen LogP contribution in [0.5, 0.6) is 0 Å². The van der Waals surface area contributed by atoms with Crippen molar-refractivity contribution < 1.29 is 19.8 Å². The van der Waals surface area contributed by atoms with E-state index < -0.39 is 0 Å². The number of hydrogen-bond donors (Lipinski definition) is 2. The first kappa shape index (κ1) is 18.1. The number of Topliss-reactive ketones (excluding diaryl/α,β-unsaturated/α-hetero) is 2. The predicted octanol–water partition coefficient (Wildman–Crippen LogP) is 3.03. The van der Waals surface area contributed by atoms with Crippen molar-refractivity contribution in [2.45, 2.75) is 89.3 Å². The summed E-state index contributed by atoms with van der Waals surface area (Å²) in [4.78, 5) is 25.4. The summed E-state index contributed by atoms with van der Waals surface area (Å²) in [6.07, 6.45) is 9.43. The van der Waals surface area contributed by atoms with Crippen LogP contribution in [-0.2, 0) is 9.59 Å². The van der Waals surface area contributed by atoms with E-state index in [-0.39, 0.29) is 35.9 Å². The molecule has 0 radical (unpaired) electrons. The number of aliphatic hydroxyl groups is 2. The van der Waals surface area contributed by atoms with Crippen LogP contribution in [0.15, 0.2) is 0 Å². The Kier molecular flexibility index (Phi) is 6.09. The zero-order valence-corrected chi connectivity index (χ0v) is 14.7. The molecule has 136 valence electrons. The molecule has 24 heavy (non-hydrogen) atoms.